The van der Waals surface area contributed by atoms with E-state index in [1.165, 1.54) is 0 Å². The lowest BCUT2D eigenvalue weighted by molar-refractivity contribution is -0.131. The number of furan rings is 1. The number of carbonyl (C=O) groups is 1. The summed E-state index contributed by atoms with van der Waals surface area (Å²) in [5, 5.41) is 3.33. The predicted molar refractivity (Wildman–Crippen MR) is 69.1 cm³/mol. The van der Waals surface area contributed by atoms with Gasteiger partial charge >= 0.3 is 0 Å². The van der Waals surface area contributed by atoms with Gasteiger partial charge in [-0.05, 0) is 31.6 Å². The van der Waals surface area contributed by atoms with Gasteiger partial charge in [0.05, 0.1) is 19.4 Å². The molecule has 0 atom stereocenters. The maximum atomic E-state index is 12.1. The van der Waals surface area contributed by atoms with Gasteiger partial charge in [0, 0.05) is 20.1 Å². The molecule has 1 saturated heterocycles. The molecule has 2 heterocycles. The van der Waals surface area contributed by atoms with E-state index < -0.39 is 0 Å². The second kappa shape index (κ2) is 6.56. The third-order valence-corrected chi connectivity index (χ3v) is 3.19. The summed E-state index contributed by atoms with van der Waals surface area (Å²) in [7, 11) is 1.82. The highest BCUT2D eigenvalue weighted by Crippen LogP contribution is 2.05. The first-order chi connectivity index (χ1) is 8.75. The first-order valence-corrected chi connectivity index (χ1v) is 6.45. The van der Waals surface area contributed by atoms with Crippen molar-refractivity contribution in [2.24, 2.45) is 0 Å². The fraction of sp³-hybridized carbons (Fsp3) is 0.615. The van der Waals surface area contributed by atoms with Crippen LogP contribution in [-0.2, 0) is 11.3 Å². The number of carbonyl (C=O) groups excluding carboxylic acids is 1. The van der Waals surface area contributed by atoms with Crippen molar-refractivity contribution in [1.82, 2.24) is 15.1 Å². The lowest BCUT2D eigenvalue weighted by Gasteiger charge is -2.22. The van der Waals surface area contributed by atoms with E-state index in [1.54, 1.807) is 11.2 Å². The van der Waals surface area contributed by atoms with E-state index in [0.717, 1.165) is 38.4 Å². The average molecular weight is 251 g/mol. The van der Waals surface area contributed by atoms with E-state index >= 15 is 0 Å². The highest BCUT2D eigenvalue weighted by Gasteiger charge is 2.16. The maximum absolute atomic E-state index is 12.1. The lowest BCUT2D eigenvalue weighted by atomic mass is 10.3. The molecule has 1 N–H and O–H groups in total. The normalized spacial score (nSPS) is 17.4. The Hall–Kier alpha value is -1.33. The summed E-state index contributed by atoms with van der Waals surface area (Å²) in [6, 6.07) is 3.73. The van der Waals surface area contributed by atoms with Crippen molar-refractivity contribution < 1.29 is 9.21 Å². The van der Waals surface area contributed by atoms with Gasteiger partial charge in [0.2, 0.25) is 5.91 Å². The van der Waals surface area contributed by atoms with Crippen molar-refractivity contribution in [3.63, 3.8) is 0 Å². The minimum absolute atomic E-state index is 0.147. The van der Waals surface area contributed by atoms with Crippen LogP contribution >= 0.6 is 0 Å². The first kappa shape index (κ1) is 13.1. The zero-order chi connectivity index (χ0) is 12.8. The molecule has 18 heavy (non-hydrogen) atoms. The van der Waals surface area contributed by atoms with Crippen LogP contribution in [0.5, 0.6) is 0 Å². The van der Waals surface area contributed by atoms with Crippen LogP contribution < -0.4 is 5.32 Å². The van der Waals surface area contributed by atoms with E-state index in [4.69, 9.17) is 4.42 Å². The summed E-state index contributed by atoms with van der Waals surface area (Å²) < 4.78 is 5.25. The van der Waals surface area contributed by atoms with Crippen molar-refractivity contribution in [2.45, 2.75) is 13.0 Å². The standard InChI is InChI=1S/C13H21N3O2/c1-15(10-12-4-2-9-18-12)13(17)11-16-7-3-5-14-6-8-16/h2,4,9,14H,3,5-8,10-11H2,1H3. The van der Waals surface area contributed by atoms with Gasteiger partial charge in [0.1, 0.15) is 5.76 Å². The van der Waals surface area contributed by atoms with E-state index in [2.05, 4.69) is 10.2 Å². The van der Waals surface area contributed by atoms with Gasteiger partial charge in [-0.1, -0.05) is 0 Å². The fourth-order valence-electron chi connectivity index (χ4n) is 2.10. The summed E-state index contributed by atoms with van der Waals surface area (Å²) in [6.07, 6.45) is 2.74. The van der Waals surface area contributed by atoms with Gasteiger partial charge in [-0.25, -0.2) is 0 Å². The van der Waals surface area contributed by atoms with Crippen molar-refractivity contribution in [1.29, 1.82) is 0 Å². The van der Waals surface area contributed by atoms with Crippen LogP contribution in [0.15, 0.2) is 22.8 Å². The molecule has 5 nitrogen and oxygen atoms in total. The van der Waals surface area contributed by atoms with Crippen LogP contribution in [0.25, 0.3) is 0 Å². The molecule has 0 saturated carbocycles. The van der Waals surface area contributed by atoms with Crippen LogP contribution in [0.2, 0.25) is 0 Å². The number of nitrogens with one attached hydrogen (secondary N) is 1. The molecule has 1 aromatic rings. The molecule has 1 aliphatic rings. The van der Waals surface area contributed by atoms with E-state index in [1.807, 2.05) is 19.2 Å². The molecule has 1 aliphatic heterocycles. The quantitative estimate of drug-likeness (QED) is 0.848. The number of likely N-dealkylation sites (N-methyl/N-ethyl adjacent to an activating group) is 1. The zero-order valence-corrected chi connectivity index (χ0v) is 10.9. The number of hydrogen-bond donors (Lipinski definition) is 1. The Balaban J connectivity index is 1.79. The number of rotatable bonds is 4. The third-order valence-electron chi connectivity index (χ3n) is 3.19. The minimum Gasteiger partial charge on any atom is -0.467 e. The van der Waals surface area contributed by atoms with Crippen LogP contribution in [0.3, 0.4) is 0 Å². The van der Waals surface area contributed by atoms with Gasteiger partial charge < -0.3 is 14.6 Å². The molecule has 100 valence electrons. The topological polar surface area (TPSA) is 48.7 Å². The molecular weight excluding hydrogens is 230 g/mol. The monoisotopic (exact) mass is 251 g/mol. The zero-order valence-electron chi connectivity index (χ0n) is 10.9. The fourth-order valence-corrected chi connectivity index (χ4v) is 2.10. The number of hydrogen-bond acceptors (Lipinski definition) is 4. The molecule has 5 heteroatoms. The Bertz CT molecular complexity index is 356. The Labute approximate surface area is 108 Å². The predicted octanol–water partition coefficient (Wildman–Crippen LogP) is 0.533. The largest absolute Gasteiger partial charge is 0.467 e. The highest BCUT2D eigenvalue weighted by atomic mass is 16.3. The first-order valence-electron chi connectivity index (χ1n) is 6.45. The Kier molecular flexibility index (Phi) is 4.78. The minimum atomic E-state index is 0.147. The SMILES string of the molecule is CN(Cc1ccco1)C(=O)CN1CCCNCC1. The molecule has 0 aromatic carbocycles. The van der Waals surface area contributed by atoms with Crippen LogP contribution in [0.1, 0.15) is 12.2 Å². The average Bonchev–Trinajstić information content (AvgIpc) is 2.72. The van der Waals surface area contributed by atoms with E-state index in [-0.39, 0.29) is 5.91 Å². The third kappa shape index (κ3) is 3.85. The molecule has 2 rings (SSSR count). The molecule has 0 aliphatic carbocycles. The number of amides is 1. The van der Waals surface area contributed by atoms with Crippen molar-refractivity contribution >= 4 is 5.91 Å². The number of nitrogens with zero attached hydrogens (tertiary/aromatic N) is 2. The van der Waals surface area contributed by atoms with Gasteiger partial charge in [-0.3, -0.25) is 9.69 Å². The van der Waals surface area contributed by atoms with E-state index in [0.29, 0.717) is 13.1 Å². The van der Waals surface area contributed by atoms with Crippen LogP contribution in [0, 0.1) is 0 Å². The summed E-state index contributed by atoms with van der Waals surface area (Å²) in [5.41, 5.74) is 0. The molecule has 1 aromatic heterocycles. The Morgan fingerprint density at radius 2 is 2.39 bits per heavy atom. The highest BCUT2D eigenvalue weighted by molar-refractivity contribution is 5.77. The molecule has 0 unspecified atom stereocenters. The maximum Gasteiger partial charge on any atom is 0.236 e. The second-order valence-electron chi connectivity index (χ2n) is 4.71. The van der Waals surface area contributed by atoms with Gasteiger partial charge in [0.15, 0.2) is 0 Å². The smallest absolute Gasteiger partial charge is 0.236 e. The van der Waals surface area contributed by atoms with Crippen molar-refractivity contribution in [3.8, 4) is 0 Å². The molecular formula is C13H21N3O2. The molecule has 0 bridgehead atoms. The van der Waals surface area contributed by atoms with Gasteiger partial charge in [-0.15, -0.1) is 0 Å². The molecule has 1 amide bonds. The summed E-state index contributed by atoms with van der Waals surface area (Å²) in [5.74, 6) is 0.969. The Morgan fingerprint density at radius 1 is 1.50 bits per heavy atom. The molecule has 1 fully saturated rings. The van der Waals surface area contributed by atoms with Gasteiger partial charge in [0.25, 0.3) is 0 Å². The Morgan fingerprint density at radius 3 is 3.17 bits per heavy atom. The summed E-state index contributed by atoms with van der Waals surface area (Å²) in [4.78, 5) is 16.0. The van der Waals surface area contributed by atoms with Crippen molar-refractivity contribution in [3.05, 3.63) is 24.2 Å². The summed E-state index contributed by atoms with van der Waals surface area (Å²) >= 11 is 0. The lowest BCUT2D eigenvalue weighted by Crippen LogP contribution is -2.39. The van der Waals surface area contributed by atoms with Crippen LogP contribution in [0.4, 0.5) is 0 Å². The van der Waals surface area contributed by atoms with Crippen molar-refractivity contribution in [2.75, 3.05) is 39.8 Å². The van der Waals surface area contributed by atoms with Gasteiger partial charge in [-0.2, -0.15) is 0 Å². The summed E-state index contributed by atoms with van der Waals surface area (Å²) in [6.45, 7) is 4.99. The molecule has 0 radical (unpaired) electrons. The van der Waals surface area contributed by atoms with Crippen LogP contribution in [-0.4, -0.2) is 55.5 Å². The molecule has 0 spiro atoms. The second-order valence-corrected chi connectivity index (χ2v) is 4.71. The van der Waals surface area contributed by atoms with E-state index in [9.17, 15) is 4.79 Å².